The Morgan fingerprint density at radius 3 is 2.86 bits per heavy atom. The molecule has 1 aromatic heterocycles. The summed E-state index contributed by atoms with van der Waals surface area (Å²) in [6, 6.07) is 0.264. The van der Waals surface area contributed by atoms with E-state index in [9.17, 15) is 4.79 Å². The standard InChI is InChI=1S/C16H24N2O2S/c1-16(2,3)15-17-10-13(21-15)14(19)18-8-9-20-12-7-5-4-6-11(12)18/h10-12H,4-9H2,1-3H3/t11-,12-/m0/s1. The zero-order chi connectivity index (χ0) is 15.0. The highest BCUT2D eigenvalue weighted by Gasteiger charge is 2.37. The molecule has 1 amide bonds. The van der Waals surface area contributed by atoms with Crippen molar-refractivity contribution < 1.29 is 9.53 Å². The topological polar surface area (TPSA) is 42.4 Å². The van der Waals surface area contributed by atoms with E-state index in [1.54, 1.807) is 6.20 Å². The summed E-state index contributed by atoms with van der Waals surface area (Å²) in [4.78, 5) is 20.1. The van der Waals surface area contributed by atoms with Gasteiger partial charge in [0.15, 0.2) is 0 Å². The van der Waals surface area contributed by atoms with Gasteiger partial charge in [0, 0.05) is 12.0 Å². The first-order valence-electron chi connectivity index (χ1n) is 7.86. The van der Waals surface area contributed by atoms with Crippen molar-refractivity contribution in [2.45, 2.75) is 64.0 Å². The van der Waals surface area contributed by atoms with Crippen LogP contribution in [-0.4, -0.2) is 41.1 Å². The fourth-order valence-electron chi connectivity index (χ4n) is 3.21. The molecule has 2 aliphatic rings. The van der Waals surface area contributed by atoms with E-state index in [0.29, 0.717) is 13.2 Å². The molecule has 0 aromatic carbocycles. The molecule has 0 bridgehead atoms. The number of hydrogen-bond acceptors (Lipinski definition) is 4. The summed E-state index contributed by atoms with van der Waals surface area (Å²) in [5.41, 5.74) is 0.00157. The van der Waals surface area contributed by atoms with E-state index >= 15 is 0 Å². The van der Waals surface area contributed by atoms with E-state index in [2.05, 4.69) is 25.8 Å². The van der Waals surface area contributed by atoms with Crippen molar-refractivity contribution in [2.24, 2.45) is 0 Å². The molecule has 4 nitrogen and oxygen atoms in total. The zero-order valence-corrected chi connectivity index (χ0v) is 13.9. The van der Waals surface area contributed by atoms with Gasteiger partial charge in [-0.05, 0) is 12.8 Å². The Kier molecular flexibility index (Phi) is 4.06. The van der Waals surface area contributed by atoms with E-state index in [4.69, 9.17) is 4.74 Å². The van der Waals surface area contributed by atoms with Crippen molar-refractivity contribution in [3.8, 4) is 0 Å². The van der Waals surface area contributed by atoms with Gasteiger partial charge >= 0.3 is 0 Å². The number of carbonyl (C=O) groups excluding carboxylic acids is 1. The van der Waals surface area contributed by atoms with Crippen LogP contribution in [0.4, 0.5) is 0 Å². The molecule has 1 saturated heterocycles. The fourth-order valence-corrected chi connectivity index (χ4v) is 4.14. The fraction of sp³-hybridized carbons (Fsp3) is 0.750. The van der Waals surface area contributed by atoms with Gasteiger partial charge in [-0.3, -0.25) is 4.79 Å². The number of fused-ring (bicyclic) bond motifs is 1. The summed E-state index contributed by atoms with van der Waals surface area (Å²) in [6.07, 6.45) is 6.57. The van der Waals surface area contributed by atoms with Gasteiger partial charge in [-0.25, -0.2) is 4.98 Å². The Bertz CT molecular complexity index is 519. The van der Waals surface area contributed by atoms with Gasteiger partial charge in [0.05, 0.1) is 30.0 Å². The van der Waals surface area contributed by atoms with Crippen molar-refractivity contribution in [3.05, 3.63) is 16.1 Å². The number of thiazole rings is 1. The Hall–Kier alpha value is -0.940. The van der Waals surface area contributed by atoms with Gasteiger partial charge in [0.2, 0.25) is 0 Å². The third-order valence-electron chi connectivity index (χ3n) is 4.35. The number of rotatable bonds is 1. The SMILES string of the molecule is CC(C)(C)c1ncc(C(=O)N2CCO[C@H]3CCCC[C@@H]32)s1. The molecule has 2 fully saturated rings. The summed E-state index contributed by atoms with van der Waals surface area (Å²) in [5, 5.41) is 1.03. The molecule has 2 atom stereocenters. The summed E-state index contributed by atoms with van der Waals surface area (Å²) >= 11 is 1.54. The largest absolute Gasteiger partial charge is 0.374 e. The molecule has 0 spiro atoms. The molecule has 2 heterocycles. The molecule has 1 aliphatic heterocycles. The number of carbonyl (C=O) groups is 1. The summed E-state index contributed by atoms with van der Waals surface area (Å²) < 4.78 is 5.85. The highest BCUT2D eigenvalue weighted by molar-refractivity contribution is 7.13. The van der Waals surface area contributed by atoms with Crippen LogP contribution in [0.15, 0.2) is 6.20 Å². The quantitative estimate of drug-likeness (QED) is 0.800. The zero-order valence-electron chi connectivity index (χ0n) is 13.1. The van der Waals surface area contributed by atoms with Crippen LogP contribution in [0.1, 0.15) is 61.1 Å². The molecule has 1 saturated carbocycles. The van der Waals surface area contributed by atoms with E-state index in [0.717, 1.165) is 22.7 Å². The maximum Gasteiger partial charge on any atom is 0.265 e. The van der Waals surface area contributed by atoms with Crippen molar-refractivity contribution in [3.63, 3.8) is 0 Å². The van der Waals surface area contributed by atoms with Gasteiger partial charge in [0.25, 0.3) is 5.91 Å². The third kappa shape index (κ3) is 2.99. The van der Waals surface area contributed by atoms with Crippen LogP contribution in [0.25, 0.3) is 0 Å². The normalized spacial score (nSPS) is 26.5. The highest BCUT2D eigenvalue weighted by atomic mass is 32.1. The van der Waals surface area contributed by atoms with Crippen LogP contribution >= 0.6 is 11.3 Å². The Balaban J connectivity index is 1.79. The van der Waals surface area contributed by atoms with Gasteiger partial charge in [0.1, 0.15) is 4.88 Å². The first-order chi connectivity index (χ1) is 9.97. The van der Waals surface area contributed by atoms with Gasteiger partial charge in [-0.1, -0.05) is 33.6 Å². The van der Waals surface area contributed by atoms with Crippen molar-refractivity contribution in [1.29, 1.82) is 0 Å². The molecule has 1 aromatic rings. The van der Waals surface area contributed by atoms with Crippen LogP contribution in [0.2, 0.25) is 0 Å². The molecule has 0 radical (unpaired) electrons. The smallest absolute Gasteiger partial charge is 0.265 e. The van der Waals surface area contributed by atoms with Gasteiger partial charge in [-0.2, -0.15) is 0 Å². The third-order valence-corrected chi connectivity index (χ3v) is 5.76. The Morgan fingerprint density at radius 1 is 1.38 bits per heavy atom. The molecular weight excluding hydrogens is 284 g/mol. The maximum absolute atomic E-state index is 12.8. The molecule has 0 unspecified atom stereocenters. The lowest BCUT2D eigenvalue weighted by Gasteiger charge is -2.43. The van der Waals surface area contributed by atoms with E-state index in [1.807, 2.05) is 4.90 Å². The lowest BCUT2D eigenvalue weighted by molar-refractivity contribution is -0.0751. The number of nitrogens with zero attached hydrogens (tertiary/aromatic N) is 2. The average molecular weight is 308 g/mol. The van der Waals surface area contributed by atoms with Crippen LogP contribution < -0.4 is 0 Å². The molecule has 0 N–H and O–H groups in total. The van der Waals surface area contributed by atoms with Crippen LogP contribution in [0.5, 0.6) is 0 Å². The van der Waals surface area contributed by atoms with Crippen LogP contribution in [0, 0.1) is 0 Å². The second-order valence-corrected chi connectivity index (χ2v) is 8.07. The highest BCUT2D eigenvalue weighted by Crippen LogP contribution is 2.32. The molecule has 21 heavy (non-hydrogen) atoms. The Labute approximate surface area is 130 Å². The molecule has 116 valence electrons. The molecule has 5 heteroatoms. The second-order valence-electron chi connectivity index (χ2n) is 7.04. The van der Waals surface area contributed by atoms with E-state index in [1.165, 1.54) is 24.2 Å². The Morgan fingerprint density at radius 2 is 2.14 bits per heavy atom. The maximum atomic E-state index is 12.8. The van der Waals surface area contributed by atoms with Crippen LogP contribution in [0.3, 0.4) is 0 Å². The molecular formula is C16H24N2O2S. The minimum absolute atomic E-state index is 0.00157. The summed E-state index contributed by atoms with van der Waals surface area (Å²) in [6.45, 7) is 7.77. The monoisotopic (exact) mass is 308 g/mol. The van der Waals surface area contributed by atoms with E-state index in [-0.39, 0.29) is 23.5 Å². The molecule has 3 rings (SSSR count). The van der Waals surface area contributed by atoms with Gasteiger partial charge in [-0.15, -0.1) is 11.3 Å². The molecule has 1 aliphatic carbocycles. The number of morpholine rings is 1. The second kappa shape index (κ2) is 5.69. The van der Waals surface area contributed by atoms with E-state index < -0.39 is 0 Å². The van der Waals surface area contributed by atoms with Crippen molar-refractivity contribution in [1.82, 2.24) is 9.88 Å². The predicted molar refractivity (Wildman–Crippen MR) is 83.8 cm³/mol. The number of aromatic nitrogens is 1. The number of ether oxygens (including phenoxy) is 1. The lowest BCUT2D eigenvalue weighted by atomic mass is 9.90. The average Bonchev–Trinajstić information content (AvgIpc) is 2.96. The number of hydrogen-bond donors (Lipinski definition) is 0. The minimum atomic E-state index is 0.00157. The van der Waals surface area contributed by atoms with Crippen molar-refractivity contribution in [2.75, 3.05) is 13.2 Å². The van der Waals surface area contributed by atoms with Crippen LogP contribution in [-0.2, 0) is 10.2 Å². The van der Waals surface area contributed by atoms with Gasteiger partial charge < -0.3 is 9.64 Å². The summed E-state index contributed by atoms with van der Waals surface area (Å²) in [5.74, 6) is 0.142. The predicted octanol–water partition coefficient (Wildman–Crippen LogP) is 3.22. The summed E-state index contributed by atoms with van der Waals surface area (Å²) in [7, 11) is 0. The first-order valence-corrected chi connectivity index (χ1v) is 8.67. The minimum Gasteiger partial charge on any atom is -0.374 e. The van der Waals surface area contributed by atoms with Crippen molar-refractivity contribution >= 4 is 17.2 Å². The number of amides is 1. The lowest BCUT2D eigenvalue weighted by Crippen LogP contribution is -2.54. The first kappa shape index (κ1) is 15.0.